The number of carbonyl (C=O) groups excluding carboxylic acids is 1. The van der Waals surface area contributed by atoms with Crippen LogP contribution >= 0.6 is 43.5 Å². The van der Waals surface area contributed by atoms with Crippen molar-refractivity contribution in [3.8, 4) is 11.5 Å². The molecule has 0 unspecified atom stereocenters. The van der Waals surface area contributed by atoms with E-state index in [0.717, 1.165) is 0 Å². The van der Waals surface area contributed by atoms with Crippen LogP contribution in [0, 0.1) is 0 Å². The normalized spacial score (nSPS) is 10.2. The maximum Gasteiger partial charge on any atom is 0.335 e. The van der Waals surface area contributed by atoms with Crippen molar-refractivity contribution in [1.82, 2.24) is 0 Å². The second-order valence-corrected chi connectivity index (χ2v) is 6.88. The number of ether oxygens (including phenoxy) is 2. The molecule has 2 rings (SSSR count). The zero-order valence-corrected chi connectivity index (χ0v) is 16.7. The predicted molar refractivity (Wildman–Crippen MR) is 101 cm³/mol. The second kappa shape index (κ2) is 8.55. The van der Waals surface area contributed by atoms with E-state index in [1.54, 1.807) is 18.2 Å². The lowest BCUT2D eigenvalue weighted by Crippen LogP contribution is -2.20. The fraction of sp³-hybridized carbons (Fsp3) is 0.125. The van der Waals surface area contributed by atoms with Gasteiger partial charge in [-0.05, 0) is 62.2 Å². The molecule has 0 radical (unpaired) electrons. The number of rotatable bonds is 6. The van der Waals surface area contributed by atoms with Crippen LogP contribution in [0.25, 0.3) is 0 Å². The number of anilines is 1. The molecule has 0 aromatic heterocycles. The molecule has 25 heavy (non-hydrogen) atoms. The Hall–Kier alpha value is -1.77. The van der Waals surface area contributed by atoms with E-state index < -0.39 is 11.9 Å². The minimum absolute atomic E-state index is 0.0865. The Labute approximate surface area is 165 Å². The fourth-order valence-electron chi connectivity index (χ4n) is 1.90. The number of carbonyl (C=O) groups is 2. The third-order valence-corrected chi connectivity index (χ3v) is 4.50. The van der Waals surface area contributed by atoms with Crippen molar-refractivity contribution in [3.05, 3.63) is 49.9 Å². The summed E-state index contributed by atoms with van der Waals surface area (Å²) in [6.45, 7) is -0.271. The highest BCUT2D eigenvalue weighted by Crippen LogP contribution is 2.35. The van der Waals surface area contributed by atoms with Gasteiger partial charge < -0.3 is 19.9 Å². The first-order valence-corrected chi connectivity index (χ1v) is 8.76. The van der Waals surface area contributed by atoms with E-state index in [-0.39, 0.29) is 12.2 Å². The highest BCUT2D eigenvalue weighted by Gasteiger charge is 2.14. The highest BCUT2D eigenvalue weighted by molar-refractivity contribution is 9.11. The molecule has 2 N–H and O–H groups in total. The molecule has 2 aromatic carbocycles. The molecule has 0 bridgehead atoms. The molecule has 0 heterocycles. The lowest BCUT2D eigenvalue weighted by Gasteiger charge is -2.12. The summed E-state index contributed by atoms with van der Waals surface area (Å²) in [6.07, 6.45) is 0. The van der Waals surface area contributed by atoms with Gasteiger partial charge in [-0.1, -0.05) is 11.6 Å². The maximum atomic E-state index is 12.0. The van der Waals surface area contributed by atoms with Crippen LogP contribution in [0.2, 0.25) is 5.02 Å². The van der Waals surface area contributed by atoms with Crippen LogP contribution in [0.15, 0.2) is 39.3 Å². The number of hydrogen-bond donors (Lipinski definition) is 2. The Bertz CT molecular complexity index is 805. The monoisotopic (exact) mass is 491 g/mol. The SMILES string of the molecule is COc1ccc(NC(=O)COc2c(Br)cc(C(=O)O)cc2Br)cc1Cl. The zero-order chi connectivity index (χ0) is 18.6. The van der Waals surface area contributed by atoms with Crippen molar-refractivity contribution in [3.63, 3.8) is 0 Å². The maximum absolute atomic E-state index is 12.0. The first-order valence-electron chi connectivity index (χ1n) is 6.80. The van der Waals surface area contributed by atoms with Crippen LogP contribution in [0.1, 0.15) is 10.4 Å². The van der Waals surface area contributed by atoms with E-state index in [1.165, 1.54) is 19.2 Å². The molecule has 0 spiro atoms. The zero-order valence-electron chi connectivity index (χ0n) is 12.8. The van der Waals surface area contributed by atoms with Gasteiger partial charge in [0, 0.05) is 5.69 Å². The molecule has 0 aliphatic heterocycles. The molecule has 132 valence electrons. The van der Waals surface area contributed by atoms with E-state index in [4.69, 9.17) is 26.2 Å². The number of benzene rings is 2. The van der Waals surface area contributed by atoms with Gasteiger partial charge in [-0.2, -0.15) is 0 Å². The number of hydrogen-bond acceptors (Lipinski definition) is 4. The molecule has 0 saturated heterocycles. The first kappa shape index (κ1) is 19.6. The van der Waals surface area contributed by atoms with E-state index >= 15 is 0 Å². The van der Waals surface area contributed by atoms with E-state index in [2.05, 4.69) is 37.2 Å². The third-order valence-electron chi connectivity index (χ3n) is 3.03. The molecule has 2 aromatic rings. The minimum Gasteiger partial charge on any atom is -0.495 e. The van der Waals surface area contributed by atoms with Crippen molar-refractivity contribution >= 4 is 61.0 Å². The van der Waals surface area contributed by atoms with Crippen molar-refractivity contribution in [2.45, 2.75) is 0 Å². The molecular formula is C16H12Br2ClNO5. The summed E-state index contributed by atoms with van der Waals surface area (Å²) in [4.78, 5) is 23.0. The lowest BCUT2D eigenvalue weighted by atomic mass is 10.2. The third kappa shape index (κ3) is 5.10. The van der Waals surface area contributed by atoms with Gasteiger partial charge in [0.15, 0.2) is 6.61 Å². The van der Waals surface area contributed by atoms with E-state index in [1.807, 2.05) is 0 Å². The minimum atomic E-state index is -1.07. The Morgan fingerprint density at radius 1 is 1.20 bits per heavy atom. The van der Waals surface area contributed by atoms with Gasteiger partial charge in [-0.3, -0.25) is 4.79 Å². The molecular weight excluding hydrogens is 481 g/mol. The molecule has 0 aliphatic rings. The molecule has 0 aliphatic carbocycles. The number of amides is 1. The van der Waals surface area contributed by atoms with E-state index in [9.17, 15) is 9.59 Å². The number of nitrogens with one attached hydrogen (secondary N) is 1. The largest absolute Gasteiger partial charge is 0.495 e. The Morgan fingerprint density at radius 3 is 2.36 bits per heavy atom. The summed E-state index contributed by atoms with van der Waals surface area (Å²) >= 11 is 12.5. The molecule has 0 fully saturated rings. The van der Waals surface area contributed by atoms with E-state index in [0.29, 0.717) is 31.2 Å². The summed E-state index contributed by atoms with van der Waals surface area (Å²) in [7, 11) is 1.50. The second-order valence-electron chi connectivity index (χ2n) is 4.76. The van der Waals surface area contributed by atoms with Crippen molar-refractivity contribution in [2.24, 2.45) is 0 Å². The van der Waals surface area contributed by atoms with Gasteiger partial charge in [-0.15, -0.1) is 0 Å². The predicted octanol–water partition coefficient (Wildman–Crippen LogP) is 4.59. The molecule has 0 saturated carbocycles. The van der Waals surface area contributed by atoms with Crippen LogP contribution < -0.4 is 14.8 Å². The van der Waals surface area contributed by atoms with Crippen molar-refractivity contribution < 1.29 is 24.2 Å². The number of carboxylic acids is 1. The van der Waals surface area contributed by atoms with Crippen LogP contribution in [0.4, 0.5) is 5.69 Å². The van der Waals surface area contributed by atoms with Gasteiger partial charge in [-0.25, -0.2) is 4.79 Å². The van der Waals surface area contributed by atoms with Gasteiger partial charge in [0.25, 0.3) is 5.91 Å². The van der Waals surface area contributed by atoms with Gasteiger partial charge >= 0.3 is 5.97 Å². The molecule has 6 nitrogen and oxygen atoms in total. The fourth-order valence-corrected chi connectivity index (χ4v) is 3.57. The average Bonchev–Trinajstić information content (AvgIpc) is 2.54. The number of methoxy groups -OCH3 is 1. The smallest absolute Gasteiger partial charge is 0.335 e. The number of halogens is 3. The van der Waals surface area contributed by atoms with Gasteiger partial charge in [0.05, 0.1) is 26.6 Å². The van der Waals surface area contributed by atoms with Gasteiger partial charge in [0.2, 0.25) is 0 Å². The topological polar surface area (TPSA) is 84.9 Å². The van der Waals surface area contributed by atoms with Crippen molar-refractivity contribution in [2.75, 3.05) is 19.0 Å². The molecule has 1 amide bonds. The molecule has 0 atom stereocenters. The summed E-state index contributed by atoms with van der Waals surface area (Å²) in [5.41, 5.74) is 0.585. The Morgan fingerprint density at radius 2 is 1.84 bits per heavy atom. The first-order chi connectivity index (χ1) is 11.8. The van der Waals surface area contributed by atoms with Crippen LogP contribution in [-0.2, 0) is 4.79 Å². The summed E-state index contributed by atoms with van der Waals surface area (Å²) in [6, 6.07) is 7.63. The quantitative estimate of drug-likeness (QED) is 0.615. The summed E-state index contributed by atoms with van der Waals surface area (Å²) < 4.78 is 11.3. The summed E-state index contributed by atoms with van der Waals surface area (Å²) in [5.74, 6) is -0.639. The summed E-state index contributed by atoms with van der Waals surface area (Å²) in [5, 5.41) is 12.0. The lowest BCUT2D eigenvalue weighted by molar-refractivity contribution is -0.118. The van der Waals surface area contributed by atoms with Crippen LogP contribution in [-0.4, -0.2) is 30.7 Å². The van der Waals surface area contributed by atoms with Crippen LogP contribution in [0.3, 0.4) is 0 Å². The average molecular weight is 494 g/mol. The van der Waals surface area contributed by atoms with Crippen molar-refractivity contribution in [1.29, 1.82) is 0 Å². The molecule has 9 heteroatoms. The standard InChI is InChI=1S/C16H12Br2ClNO5/c1-24-13-3-2-9(6-12(13)19)20-14(21)7-25-15-10(17)4-8(16(22)23)5-11(15)18/h2-6H,7H2,1H3,(H,20,21)(H,22,23). The van der Waals surface area contributed by atoms with Crippen LogP contribution in [0.5, 0.6) is 11.5 Å². The Balaban J connectivity index is 2.03. The highest BCUT2D eigenvalue weighted by atomic mass is 79.9. The number of aromatic carboxylic acids is 1. The number of carboxylic acid groups (broad SMARTS) is 1. The van der Waals surface area contributed by atoms with Gasteiger partial charge in [0.1, 0.15) is 11.5 Å². The Kier molecular flexibility index (Phi) is 6.69.